The summed E-state index contributed by atoms with van der Waals surface area (Å²) in [5.41, 5.74) is 3.04. The summed E-state index contributed by atoms with van der Waals surface area (Å²) >= 11 is 0. The molecule has 138 valence electrons. The van der Waals surface area contributed by atoms with Gasteiger partial charge in [0.1, 0.15) is 5.75 Å². The number of hydrogen-bond donors (Lipinski definition) is 1. The Morgan fingerprint density at radius 2 is 1.92 bits per heavy atom. The Labute approximate surface area is 153 Å². The number of sulfonamides is 1. The van der Waals surface area contributed by atoms with Crippen molar-refractivity contribution in [2.24, 2.45) is 0 Å². The molecule has 1 saturated heterocycles. The van der Waals surface area contributed by atoms with E-state index in [1.807, 2.05) is 31.2 Å². The Kier molecular flexibility index (Phi) is 5.18. The third kappa shape index (κ3) is 3.99. The molecular weight excluding hydrogens is 352 g/mol. The van der Waals surface area contributed by atoms with E-state index in [1.165, 1.54) is 4.31 Å². The van der Waals surface area contributed by atoms with Gasteiger partial charge < -0.3 is 10.1 Å². The molecule has 1 amide bonds. The van der Waals surface area contributed by atoms with Crippen molar-refractivity contribution in [1.29, 1.82) is 0 Å². The van der Waals surface area contributed by atoms with Crippen molar-refractivity contribution in [2.75, 3.05) is 29.0 Å². The highest BCUT2D eigenvalue weighted by Gasteiger charge is 2.29. The summed E-state index contributed by atoms with van der Waals surface area (Å²) < 4.78 is 30.7. The number of hydrogen-bond acceptors (Lipinski definition) is 4. The monoisotopic (exact) mass is 374 g/mol. The zero-order valence-corrected chi connectivity index (χ0v) is 15.7. The van der Waals surface area contributed by atoms with Crippen molar-refractivity contribution in [3.05, 3.63) is 53.6 Å². The second-order valence-electron chi connectivity index (χ2n) is 6.32. The Balaban J connectivity index is 1.68. The molecule has 2 aromatic rings. The molecule has 1 aliphatic heterocycles. The fourth-order valence-corrected chi connectivity index (χ4v) is 4.68. The first kappa shape index (κ1) is 18.3. The van der Waals surface area contributed by atoms with E-state index in [1.54, 1.807) is 25.3 Å². The molecule has 26 heavy (non-hydrogen) atoms. The lowest BCUT2D eigenvalue weighted by Gasteiger charge is -2.20. The van der Waals surface area contributed by atoms with Crippen molar-refractivity contribution < 1.29 is 17.9 Å². The number of aryl methyl sites for hydroxylation is 1. The van der Waals surface area contributed by atoms with Crippen molar-refractivity contribution in [3.8, 4) is 5.75 Å². The predicted octanol–water partition coefficient (Wildman–Crippen LogP) is 2.72. The Bertz CT molecular complexity index is 908. The van der Waals surface area contributed by atoms with Crippen LogP contribution >= 0.6 is 0 Å². The van der Waals surface area contributed by atoms with Crippen molar-refractivity contribution in [3.63, 3.8) is 0 Å². The van der Waals surface area contributed by atoms with E-state index in [2.05, 4.69) is 5.32 Å². The van der Waals surface area contributed by atoms with Gasteiger partial charge in [-0.1, -0.05) is 12.1 Å². The second kappa shape index (κ2) is 7.37. The maximum atomic E-state index is 12.2. The number of anilines is 2. The van der Waals surface area contributed by atoms with Gasteiger partial charge in [-0.25, -0.2) is 8.42 Å². The summed E-state index contributed by atoms with van der Waals surface area (Å²) in [5, 5.41) is 2.86. The van der Waals surface area contributed by atoms with Crippen molar-refractivity contribution in [2.45, 2.75) is 19.8 Å². The van der Waals surface area contributed by atoms with Gasteiger partial charge in [0.05, 0.1) is 25.0 Å². The number of carbonyl (C=O) groups excluding carboxylic acids is 1. The zero-order valence-electron chi connectivity index (χ0n) is 14.9. The van der Waals surface area contributed by atoms with Gasteiger partial charge in [0.25, 0.3) is 0 Å². The summed E-state index contributed by atoms with van der Waals surface area (Å²) in [6, 6.07) is 12.6. The normalized spacial score (nSPS) is 15.7. The van der Waals surface area contributed by atoms with Crippen LogP contribution in [0.25, 0.3) is 0 Å². The smallest absolute Gasteiger partial charge is 0.235 e. The number of nitrogens with one attached hydrogen (secondary N) is 1. The average Bonchev–Trinajstić information content (AvgIpc) is 2.95. The number of nitrogens with zero attached hydrogens (tertiary/aromatic N) is 1. The van der Waals surface area contributed by atoms with Crippen LogP contribution in [0.1, 0.15) is 17.5 Å². The van der Waals surface area contributed by atoms with Crippen LogP contribution in [-0.2, 0) is 21.2 Å². The molecule has 1 heterocycles. The number of benzene rings is 2. The summed E-state index contributed by atoms with van der Waals surface area (Å²) in [6.45, 7) is 2.36. The molecule has 1 aliphatic rings. The lowest BCUT2D eigenvalue weighted by molar-refractivity contribution is -0.115. The van der Waals surface area contributed by atoms with E-state index in [0.29, 0.717) is 24.3 Å². The van der Waals surface area contributed by atoms with Crippen LogP contribution in [0.4, 0.5) is 11.4 Å². The van der Waals surface area contributed by atoms with E-state index >= 15 is 0 Å². The van der Waals surface area contributed by atoms with Crippen LogP contribution in [0.5, 0.6) is 5.75 Å². The number of amides is 1. The summed E-state index contributed by atoms with van der Waals surface area (Å²) in [6.07, 6.45) is 0.896. The van der Waals surface area contributed by atoms with Crippen LogP contribution in [0.15, 0.2) is 42.5 Å². The quantitative estimate of drug-likeness (QED) is 0.873. The highest BCUT2D eigenvalue weighted by Crippen LogP contribution is 2.29. The maximum absolute atomic E-state index is 12.2. The number of carbonyl (C=O) groups is 1. The Morgan fingerprint density at radius 3 is 2.50 bits per heavy atom. The van der Waals surface area contributed by atoms with Crippen LogP contribution in [0.2, 0.25) is 0 Å². The molecule has 1 fully saturated rings. The minimum Gasteiger partial charge on any atom is -0.497 e. The minimum atomic E-state index is -3.21. The molecule has 1 N–H and O–H groups in total. The SMILES string of the molecule is COc1ccc(CC(=O)Nc2ccc(N3CCCS3(=O)=O)c(C)c2)cc1. The lowest BCUT2D eigenvalue weighted by atomic mass is 10.1. The minimum absolute atomic E-state index is 0.129. The number of rotatable bonds is 5. The summed E-state index contributed by atoms with van der Waals surface area (Å²) in [7, 11) is -1.61. The molecule has 6 nitrogen and oxygen atoms in total. The molecule has 3 rings (SSSR count). The predicted molar refractivity (Wildman–Crippen MR) is 102 cm³/mol. The summed E-state index contributed by atoms with van der Waals surface area (Å²) in [4.78, 5) is 12.2. The second-order valence-corrected chi connectivity index (χ2v) is 8.33. The van der Waals surface area contributed by atoms with Crippen LogP contribution in [-0.4, -0.2) is 33.7 Å². The molecule has 0 bridgehead atoms. The molecular formula is C19H22N2O4S. The molecule has 0 atom stereocenters. The van der Waals surface area contributed by atoms with Crippen molar-refractivity contribution in [1.82, 2.24) is 0 Å². The fourth-order valence-electron chi connectivity index (χ4n) is 3.06. The highest BCUT2D eigenvalue weighted by atomic mass is 32.2. The molecule has 0 unspecified atom stereocenters. The van der Waals surface area contributed by atoms with Gasteiger partial charge in [-0.3, -0.25) is 9.10 Å². The standard InChI is InChI=1S/C19H22N2O4S/c1-14-12-16(6-9-18(14)21-10-3-11-26(21,23)24)20-19(22)13-15-4-7-17(25-2)8-5-15/h4-9,12H,3,10-11,13H2,1-2H3,(H,20,22). The van der Waals surface area contributed by atoms with Crippen molar-refractivity contribution >= 4 is 27.3 Å². The fraction of sp³-hybridized carbons (Fsp3) is 0.316. The lowest BCUT2D eigenvalue weighted by Crippen LogP contribution is -2.25. The molecule has 0 spiro atoms. The molecule has 2 aromatic carbocycles. The Hall–Kier alpha value is -2.54. The third-order valence-electron chi connectivity index (χ3n) is 4.37. The van der Waals surface area contributed by atoms with Gasteiger partial charge >= 0.3 is 0 Å². The van der Waals surface area contributed by atoms with E-state index in [-0.39, 0.29) is 18.1 Å². The van der Waals surface area contributed by atoms with E-state index in [4.69, 9.17) is 4.74 Å². The van der Waals surface area contributed by atoms with Gasteiger partial charge in [0, 0.05) is 12.2 Å². The first-order valence-electron chi connectivity index (χ1n) is 8.43. The Morgan fingerprint density at radius 1 is 1.19 bits per heavy atom. The zero-order chi connectivity index (χ0) is 18.7. The molecule has 0 saturated carbocycles. The molecule has 0 aromatic heterocycles. The van der Waals surface area contributed by atoms with Gasteiger partial charge in [-0.2, -0.15) is 0 Å². The average molecular weight is 374 g/mol. The first-order valence-corrected chi connectivity index (χ1v) is 10.0. The molecule has 7 heteroatoms. The topological polar surface area (TPSA) is 75.7 Å². The van der Waals surface area contributed by atoms with Gasteiger partial charge in [-0.05, 0) is 54.8 Å². The van der Waals surface area contributed by atoms with Crippen LogP contribution < -0.4 is 14.4 Å². The summed E-state index contributed by atoms with van der Waals surface area (Å²) in [5.74, 6) is 0.806. The van der Waals surface area contributed by atoms with Crippen LogP contribution in [0, 0.1) is 6.92 Å². The number of ether oxygens (including phenoxy) is 1. The largest absolute Gasteiger partial charge is 0.497 e. The highest BCUT2D eigenvalue weighted by molar-refractivity contribution is 7.93. The van der Waals surface area contributed by atoms with E-state index in [0.717, 1.165) is 16.9 Å². The first-order chi connectivity index (χ1) is 12.4. The van der Waals surface area contributed by atoms with E-state index < -0.39 is 10.0 Å². The van der Waals surface area contributed by atoms with Crippen LogP contribution in [0.3, 0.4) is 0 Å². The van der Waals surface area contributed by atoms with Gasteiger partial charge in [0.2, 0.25) is 15.9 Å². The maximum Gasteiger partial charge on any atom is 0.235 e. The molecule has 0 radical (unpaired) electrons. The van der Waals surface area contributed by atoms with Gasteiger partial charge in [0.15, 0.2) is 0 Å². The number of methoxy groups -OCH3 is 1. The molecule has 0 aliphatic carbocycles. The third-order valence-corrected chi connectivity index (χ3v) is 6.23. The van der Waals surface area contributed by atoms with Gasteiger partial charge in [-0.15, -0.1) is 0 Å². The van der Waals surface area contributed by atoms with E-state index in [9.17, 15) is 13.2 Å².